The molecule has 102 valence electrons. The van der Waals surface area contributed by atoms with E-state index in [1.165, 1.54) is 5.56 Å². The van der Waals surface area contributed by atoms with Gasteiger partial charge in [-0.1, -0.05) is 28.9 Å². The molecule has 18 heavy (non-hydrogen) atoms. The van der Waals surface area contributed by atoms with Crippen molar-refractivity contribution in [2.75, 3.05) is 25.1 Å². The van der Waals surface area contributed by atoms with Crippen LogP contribution in [0, 0.1) is 0 Å². The molecule has 0 fully saturated rings. The minimum absolute atomic E-state index is 0.125. The number of aliphatic hydroxyl groups excluding tert-OH is 1. The third-order valence-electron chi connectivity index (χ3n) is 3.28. The normalized spacial score (nSPS) is 11.7. The van der Waals surface area contributed by atoms with Crippen molar-refractivity contribution in [3.05, 3.63) is 28.2 Å². The van der Waals surface area contributed by atoms with Crippen LogP contribution < -0.4 is 10.2 Å². The molecule has 0 amide bonds. The number of nitrogens with zero attached hydrogens (tertiary/aromatic N) is 1. The SMILES string of the molecule is CCNCc1ccc(N(C)C(C)(C)CO)cc1Br. The molecule has 0 aliphatic heterocycles. The molecule has 0 atom stereocenters. The van der Waals surface area contributed by atoms with Crippen LogP contribution in [-0.4, -0.2) is 30.8 Å². The van der Waals surface area contributed by atoms with Crippen molar-refractivity contribution in [2.24, 2.45) is 0 Å². The van der Waals surface area contributed by atoms with Crippen LogP contribution in [0.5, 0.6) is 0 Å². The maximum Gasteiger partial charge on any atom is 0.0658 e. The lowest BCUT2D eigenvalue weighted by molar-refractivity contribution is 0.216. The Morgan fingerprint density at radius 2 is 2.06 bits per heavy atom. The van der Waals surface area contributed by atoms with Crippen molar-refractivity contribution in [3.63, 3.8) is 0 Å². The second kappa shape index (κ2) is 6.55. The summed E-state index contributed by atoms with van der Waals surface area (Å²) in [6, 6.07) is 6.31. The lowest BCUT2D eigenvalue weighted by atomic mass is 10.0. The fourth-order valence-electron chi connectivity index (χ4n) is 1.60. The Balaban J connectivity index is 2.90. The predicted octanol–water partition coefficient (Wildman–Crippen LogP) is 2.77. The second-order valence-corrected chi connectivity index (χ2v) is 5.94. The Bertz CT molecular complexity index is 393. The molecule has 0 aromatic heterocycles. The Morgan fingerprint density at radius 1 is 1.39 bits per heavy atom. The maximum atomic E-state index is 9.40. The van der Waals surface area contributed by atoms with E-state index in [4.69, 9.17) is 0 Å². The number of halogens is 1. The van der Waals surface area contributed by atoms with E-state index < -0.39 is 0 Å². The Labute approximate surface area is 118 Å². The smallest absolute Gasteiger partial charge is 0.0658 e. The van der Waals surface area contributed by atoms with Crippen LogP contribution in [0.15, 0.2) is 22.7 Å². The number of hydrogen-bond acceptors (Lipinski definition) is 3. The summed E-state index contributed by atoms with van der Waals surface area (Å²) in [5.74, 6) is 0. The van der Waals surface area contributed by atoms with Gasteiger partial charge in [-0.2, -0.15) is 0 Å². The predicted molar refractivity (Wildman–Crippen MR) is 81.1 cm³/mol. The molecule has 3 nitrogen and oxygen atoms in total. The summed E-state index contributed by atoms with van der Waals surface area (Å²) in [7, 11) is 2.00. The Morgan fingerprint density at radius 3 is 2.56 bits per heavy atom. The second-order valence-electron chi connectivity index (χ2n) is 5.09. The Kier molecular flexibility index (Phi) is 5.63. The van der Waals surface area contributed by atoms with Gasteiger partial charge in [0.2, 0.25) is 0 Å². The van der Waals surface area contributed by atoms with Gasteiger partial charge in [-0.05, 0) is 38.1 Å². The van der Waals surface area contributed by atoms with Crippen LogP contribution in [0.25, 0.3) is 0 Å². The molecule has 0 bridgehead atoms. The molecule has 0 aliphatic carbocycles. The topological polar surface area (TPSA) is 35.5 Å². The average Bonchev–Trinajstić information content (AvgIpc) is 2.36. The summed E-state index contributed by atoms with van der Waals surface area (Å²) in [6.07, 6.45) is 0. The summed E-state index contributed by atoms with van der Waals surface area (Å²) in [5.41, 5.74) is 2.08. The maximum absolute atomic E-state index is 9.40. The van der Waals surface area contributed by atoms with E-state index in [2.05, 4.69) is 51.3 Å². The number of benzene rings is 1. The van der Waals surface area contributed by atoms with Crippen LogP contribution in [0.2, 0.25) is 0 Å². The van der Waals surface area contributed by atoms with Gasteiger partial charge in [0.25, 0.3) is 0 Å². The standard InChI is InChI=1S/C14H23BrN2O/c1-5-16-9-11-6-7-12(8-13(11)15)17(4)14(2,3)10-18/h6-8,16,18H,5,9-10H2,1-4H3. The van der Waals surface area contributed by atoms with E-state index in [1.54, 1.807) is 0 Å². The van der Waals surface area contributed by atoms with Crippen molar-refractivity contribution >= 4 is 21.6 Å². The monoisotopic (exact) mass is 314 g/mol. The highest BCUT2D eigenvalue weighted by atomic mass is 79.9. The summed E-state index contributed by atoms with van der Waals surface area (Å²) < 4.78 is 1.10. The number of aliphatic hydroxyl groups is 1. The van der Waals surface area contributed by atoms with Gasteiger partial charge in [-0.3, -0.25) is 0 Å². The van der Waals surface area contributed by atoms with E-state index in [1.807, 2.05) is 20.9 Å². The quantitative estimate of drug-likeness (QED) is 0.847. The highest BCUT2D eigenvalue weighted by Gasteiger charge is 2.23. The molecule has 1 aromatic carbocycles. The summed E-state index contributed by atoms with van der Waals surface area (Å²) >= 11 is 3.61. The van der Waals surface area contributed by atoms with Crippen molar-refractivity contribution in [1.82, 2.24) is 5.32 Å². The number of likely N-dealkylation sites (N-methyl/N-ethyl adjacent to an activating group) is 1. The van der Waals surface area contributed by atoms with Crippen molar-refractivity contribution in [1.29, 1.82) is 0 Å². The van der Waals surface area contributed by atoms with E-state index in [0.29, 0.717) is 0 Å². The molecule has 0 saturated carbocycles. The summed E-state index contributed by atoms with van der Waals surface area (Å²) in [4.78, 5) is 2.09. The van der Waals surface area contributed by atoms with Gasteiger partial charge >= 0.3 is 0 Å². The molecule has 1 rings (SSSR count). The first kappa shape index (κ1) is 15.5. The third-order valence-corrected chi connectivity index (χ3v) is 4.02. The fourth-order valence-corrected chi connectivity index (χ4v) is 2.11. The first-order chi connectivity index (χ1) is 8.42. The van der Waals surface area contributed by atoms with E-state index in [-0.39, 0.29) is 12.1 Å². The van der Waals surface area contributed by atoms with Gasteiger partial charge in [0.1, 0.15) is 0 Å². The van der Waals surface area contributed by atoms with Crippen molar-refractivity contribution < 1.29 is 5.11 Å². The number of anilines is 1. The first-order valence-corrected chi connectivity index (χ1v) is 7.05. The molecular formula is C14H23BrN2O. The number of hydrogen-bond donors (Lipinski definition) is 2. The molecule has 2 N–H and O–H groups in total. The van der Waals surface area contributed by atoms with Crippen LogP contribution in [0.4, 0.5) is 5.69 Å². The molecule has 0 aliphatic rings. The third kappa shape index (κ3) is 3.70. The van der Waals surface area contributed by atoms with Crippen molar-refractivity contribution in [2.45, 2.75) is 32.9 Å². The van der Waals surface area contributed by atoms with E-state index in [0.717, 1.165) is 23.2 Å². The Hall–Kier alpha value is -0.580. The van der Waals surface area contributed by atoms with Crippen LogP contribution in [0.1, 0.15) is 26.3 Å². The highest BCUT2D eigenvalue weighted by molar-refractivity contribution is 9.10. The highest BCUT2D eigenvalue weighted by Crippen LogP contribution is 2.27. The van der Waals surface area contributed by atoms with Gasteiger partial charge < -0.3 is 15.3 Å². The largest absolute Gasteiger partial charge is 0.394 e. The summed E-state index contributed by atoms with van der Waals surface area (Å²) in [6.45, 7) is 8.09. The average molecular weight is 315 g/mol. The minimum Gasteiger partial charge on any atom is -0.394 e. The molecule has 0 saturated heterocycles. The fraction of sp³-hybridized carbons (Fsp3) is 0.571. The molecule has 1 aromatic rings. The van der Waals surface area contributed by atoms with Gasteiger partial charge in [-0.25, -0.2) is 0 Å². The van der Waals surface area contributed by atoms with Crippen LogP contribution >= 0.6 is 15.9 Å². The number of nitrogens with one attached hydrogen (secondary N) is 1. The molecule has 0 radical (unpaired) electrons. The van der Waals surface area contributed by atoms with Gasteiger partial charge in [0, 0.05) is 23.8 Å². The number of rotatable bonds is 6. The van der Waals surface area contributed by atoms with Gasteiger partial charge in [0.15, 0.2) is 0 Å². The zero-order valence-corrected chi connectivity index (χ0v) is 13.2. The van der Waals surface area contributed by atoms with Crippen LogP contribution in [0.3, 0.4) is 0 Å². The molecule has 0 spiro atoms. The molecular weight excluding hydrogens is 292 g/mol. The molecule has 4 heteroatoms. The zero-order valence-electron chi connectivity index (χ0n) is 11.6. The van der Waals surface area contributed by atoms with E-state index >= 15 is 0 Å². The van der Waals surface area contributed by atoms with Crippen molar-refractivity contribution in [3.8, 4) is 0 Å². The summed E-state index contributed by atoms with van der Waals surface area (Å²) in [5, 5.41) is 12.7. The lowest BCUT2D eigenvalue weighted by Gasteiger charge is -2.36. The van der Waals surface area contributed by atoms with Gasteiger partial charge in [0.05, 0.1) is 12.1 Å². The van der Waals surface area contributed by atoms with E-state index in [9.17, 15) is 5.11 Å². The van der Waals surface area contributed by atoms with Gasteiger partial charge in [-0.15, -0.1) is 0 Å². The van der Waals surface area contributed by atoms with Crippen LogP contribution in [-0.2, 0) is 6.54 Å². The zero-order chi connectivity index (χ0) is 13.8. The molecule has 0 unspecified atom stereocenters. The first-order valence-electron chi connectivity index (χ1n) is 6.26. The lowest BCUT2D eigenvalue weighted by Crippen LogP contribution is -2.44. The molecule has 0 heterocycles. The minimum atomic E-state index is -0.261.